The second-order valence-electron chi connectivity index (χ2n) is 4.90. The number of carbonyl (C=O) groups excluding carboxylic acids is 1. The molecule has 1 saturated carbocycles. The summed E-state index contributed by atoms with van der Waals surface area (Å²) in [6.07, 6.45) is 3.89. The highest BCUT2D eigenvalue weighted by Crippen LogP contribution is 2.25. The Bertz CT molecular complexity index is 656. The van der Waals surface area contributed by atoms with Crippen LogP contribution in [-0.2, 0) is 4.74 Å². The molecule has 0 bridgehead atoms. The molecule has 21 heavy (non-hydrogen) atoms. The van der Waals surface area contributed by atoms with Crippen LogP contribution in [-0.4, -0.2) is 29.1 Å². The number of methoxy groups -OCH3 is 1. The maximum absolute atomic E-state index is 11.5. The van der Waals surface area contributed by atoms with E-state index in [4.69, 9.17) is 4.74 Å². The summed E-state index contributed by atoms with van der Waals surface area (Å²) in [5, 5.41) is 6.47. The first-order chi connectivity index (χ1) is 10.2. The van der Waals surface area contributed by atoms with E-state index in [1.807, 2.05) is 12.1 Å². The number of nitrogens with zero attached hydrogens (tertiary/aromatic N) is 2. The average Bonchev–Trinajstić information content (AvgIpc) is 3.31. The maximum Gasteiger partial charge on any atom is 0.337 e. The Hall–Kier alpha value is -2.63. The van der Waals surface area contributed by atoms with Crippen molar-refractivity contribution in [3.05, 3.63) is 42.2 Å². The summed E-state index contributed by atoms with van der Waals surface area (Å²) >= 11 is 0. The molecule has 3 rings (SSSR count). The van der Waals surface area contributed by atoms with Gasteiger partial charge in [0.05, 0.1) is 12.7 Å². The first-order valence-corrected chi connectivity index (χ1v) is 6.78. The number of ether oxygens (including phenoxy) is 1. The van der Waals surface area contributed by atoms with Crippen LogP contribution in [0.5, 0.6) is 0 Å². The van der Waals surface area contributed by atoms with Gasteiger partial charge in [-0.05, 0) is 31.0 Å². The van der Waals surface area contributed by atoms with Gasteiger partial charge in [-0.25, -0.2) is 14.8 Å². The van der Waals surface area contributed by atoms with E-state index in [0.717, 1.165) is 11.5 Å². The molecule has 1 fully saturated rings. The summed E-state index contributed by atoms with van der Waals surface area (Å²) < 4.78 is 4.71. The first kappa shape index (κ1) is 13.4. The third kappa shape index (κ3) is 3.47. The summed E-state index contributed by atoms with van der Waals surface area (Å²) in [6, 6.07) is 9.47. The van der Waals surface area contributed by atoms with Crippen LogP contribution in [0.25, 0.3) is 0 Å². The Morgan fingerprint density at radius 3 is 2.81 bits per heavy atom. The van der Waals surface area contributed by atoms with Crippen molar-refractivity contribution in [2.75, 3.05) is 17.7 Å². The Balaban J connectivity index is 1.74. The van der Waals surface area contributed by atoms with E-state index in [1.54, 1.807) is 18.2 Å². The first-order valence-electron chi connectivity index (χ1n) is 6.78. The molecule has 6 heteroatoms. The fourth-order valence-corrected chi connectivity index (χ4v) is 1.93. The topological polar surface area (TPSA) is 76.1 Å². The van der Waals surface area contributed by atoms with Crippen LogP contribution in [0.1, 0.15) is 23.2 Å². The molecular formula is C15H16N4O2. The Morgan fingerprint density at radius 1 is 1.24 bits per heavy atom. The predicted octanol–water partition coefficient (Wildman–Crippen LogP) is 2.58. The molecule has 2 aromatic rings. The van der Waals surface area contributed by atoms with Crippen molar-refractivity contribution in [3.8, 4) is 0 Å². The number of anilines is 3. The fourth-order valence-electron chi connectivity index (χ4n) is 1.93. The van der Waals surface area contributed by atoms with Gasteiger partial charge in [-0.2, -0.15) is 0 Å². The van der Waals surface area contributed by atoms with Crippen molar-refractivity contribution < 1.29 is 9.53 Å². The van der Waals surface area contributed by atoms with Crippen molar-refractivity contribution in [2.24, 2.45) is 0 Å². The fraction of sp³-hybridized carbons (Fsp3) is 0.267. The van der Waals surface area contributed by atoms with Crippen LogP contribution in [0.4, 0.5) is 17.3 Å². The number of rotatable bonds is 5. The van der Waals surface area contributed by atoms with Gasteiger partial charge in [0.25, 0.3) is 0 Å². The smallest absolute Gasteiger partial charge is 0.337 e. The van der Waals surface area contributed by atoms with Crippen molar-refractivity contribution in [1.29, 1.82) is 0 Å². The molecule has 0 radical (unpaired) electrons. The standard InChI is InChI=1S/C15H16N4O2/c1-21-15(20)10-3-2-4-12(7-10)19-14-8-13(16-9-17-14)18-11-5-6-11/h2-4,7-9,11H,5-6H2,1H3,(H2,16,17,18,19). The monoisotopic (exact) mass is 284 g/mol. The number of carbonyl (C=O) groups is 1. The molecule has 1 aliphatic rings. The largest absolute Gasteiger partial charge is 0.465 e. The van der Waals surface area contributed by atoms with Crippen LogP contribution in [0.2, 0.25) is 0 Å². The number of esters is 1. The minimum atomic E-state index is -0.363. The number of aromatic nitrogens is 2. The summed E-state index contributed by atoms with van der Waals surface area (Å²) in [6.45, 7) is 0. The van der Waals surface area contributed by atoms with Gasteiger partial charge < -0.3 is 15.4 Å². The second kappa shape index (κ2) is 5.78. The van der Waals surface area contributed by atoms with E-state index in [9.17, 15) is 4.79 Å². The average molecular weight is 284 g/mol. The summed E-state index contributed by atoms with van der Waals surface area (Å²) in [5.74, 6) is 1.12. The molecular weight excluding hydrogens is 268 g/mol. The van der Waals surface area contributed by atoms with Gasteiger partial charge in [-0.3, -0.25) is 0 Å². The molecule has 0 unspecified atom stereocenters. The highest BCUT2D eigenvalue weighted by atomic mass is 16.5. The highest BCUT2D eigenvalue weighted by molar-refractivity contribution is 5.90. The van der Waals surface area contributed by atoms with E-state index in [0.29, 0.717) is 17.4 Å². The minimum absolute atomic E-state index is 0.363. The molecule has 108 valence electrons. The lowest BCUT2D eigenvalue weighted by Gasteiger charge is -2.09. The lowest BCUT2D eigenvalue weighted by atomic mass is 10.2. The maximum atomic E-state index is 11.5. The van der Waals surface area contributed by atoms with Crippen molar-refractivity contribution in [1.82, 2.24) is 9.97 Å². The lowest BCUT2D eigenvalue weighted by molar-refractivity contribution is 0.0601. The van der Waals surface area contributed by atoms with Gasteiger partial charge in [0.1, 0.15) is 18.0 Å². The molecule has 0 amide bonds. The zero-order valence-electron chi connectivity index (χ0n) is 11.7. The highest BCUT2D eigenvalue weighted by Gasteiger charge is 2.21. The molecule has 0 atom stereocenters. The molecule has 1 aliphatic carbocycles. The van der Waals surface area contributed by atoms with E-state index >= 15 is 0 Å². The zero-order valence-corrected chi connectivity index (χ0v) is 11.7. The summed E-state index contributed by atoms with van der Waals surface area (Å²) in [4.78, 5) is 19.9. The number of hydrogen-bond donors (Lipinski definition) is 2. The second-order valence-corrected chi connectivity index (χ2v) is 4.90. The molecule has 0 saturated heterocycles. The molecule has 6 nitrogen and oxygen atoms in total. The van der Waals surface area contributed by atoms with Gasteiger partial charge in [-0.1, -0.05) is 6.07 Å². The van der Waals surface area contributed by atoms with Gasteiger partial charge in [-0.15, -0.1) is 0 Å². The van der Waals surface area contributed by atoms with E-state index in [1.165, 1.54) is 26.3 Å². The van der Waals surface area contributed by atoms with Gasteiger partial charge in [0.2, 0.25) is 0 Å². The van der Waals surface area contributed by atoms with Crippen LogP contribution in [0.15, 0.2) is 36.7 Å². The third-order valence-corrected chi connectivity index (χ3v) is 3.15. The molecule has 1 aromatic carbocycles. The van der Waals surface area contributed by atoms with Crippen molar-refractivity contribution in [2.45, 2.75) is 18.9 Å². The van der Waals surface area contributed by atoms with Crippen LogP contribution in [0, 0.1) is 0 Å². The molecule has 2 N–H and O–H groups in total. The SMILES string of the molecule is COC(=O)c1cccc(Nc2cc(NC3CC3)ncn2)c1. The number of nitrogens with one attached hydrogen (secondary N) is 2. The molecule has 1 heterocycles. The van der Waals surface area contributed by atoms with E-state index < -0.39 is 0 Å². The van der Waals surface area contributed by atoms with E-state index in [-0.39, 0.29) is 5.97 Å². The Labute approximate surface area is 122 Å². The van der Waals surface area contributed by atoms with Gasteiger partial charge in [0, 0.05) is 17.8 Å². The van der Waals surface area contributed by atoms with Crippen LogP contribution in [0.3, 0.4) is 0 Å². The van der Waals surface area contributed by atoms with E-state index in [2.05, 4.69) is 20.6 Å². The van der Waals surface area contributed by atoms with Crippen LogP contribution < -0.4 is 10.6 Å². The molecule has 0 spiro atoms. The molecule has 1 aromatic heterocycles. The van der Waals surface area contributed by atoms with Crippen molar-refractivity contribution in [3.63, 3.8) is 0 Å². The minimum Gasteiger partial charge on any atom is -0.465 e. The molecule has 0 aliphatic heterocycles. The number of benzene rings is 1. The third-order valence-electron chi connectivity index (χ3n) is 3.15. The normalized spacial score (nSPS) is 13.6. The predicted molar refractivity (Wildman–Crippen MR) is 79.7 cm³/mol. The Morgan fingerprint density at radius 2 is 2.05 bits per heavy atom. The Kier molecular flexibility index (Phi) is 3.68. The summed E-state index contributed by atoms with van der Waals surface area (Å²) in [7, 11) is 1.36. The zero-order chi connectivity index (χ0) is 14.7. The van der Waals surface area contributed by atoms with Gasteiger partial charge >= 0.3 is 5.97 Å². The quantitative estimate of drug-likeness (QED) is 0.822. The van der Waals surface area contributed by atoms with Crippen LogP contribution >= 0.6 is 0 Å². The number of hydrogen-bond acceptors (Lipinski definition) is 6. The van der Waals surface area contributed by atoms with Crippen molar-refractivity contribution >= 4 is 23.3 Å². The summed E-state index contributed by atoms with van der Waals surface area (Å²) in [5.41, 5.74) is 1.27. The lowest BCUT2D eigenvalue weighted by Crippen LogP contribution is -2.05. The van der Waals surface area contributed by atoms with Gasteiger partial charge in [0.15, 0.2) is 0 Å².